The van der Waals surface area contributed by atoms with Gasteiger partial charge < -0.3 is 63.4 Å². The Morgan fingerprint density at radius 3 is 2.26 bits per heavy atom. The lowest BCUT2D eigenvalue weighted by atomic mass is 9.44. The lowest BCUT2D eigenvalue weighted by Crippen LogP contribution is -2.82. The summed E-state index contributed by atoms with van der Waals surface area (Å²) in [4.78, 5) is 75.7. The number of fused-ring (bicyclic) bond motifs is 3. The summed E-state index contributed by atoms with van der Waals surface area (Å²) in [5.74, 6) is -5.97. The van der Waals surface area contributed by atoms with Gasteiger partial charge in [-0.25, -0.2) is 14.0 Å². The molecule has 4 bridgehead atoms. The van der Waals surface area contributed by atoms with Gasteiger partial charge in [0.15, 0.2) is 22.8 Å². The topological polar surface area (TPSA) is 253 Å². The van der Waals surface area contributed by atoms with E-state index in [1.54, 1.807) is 29.7 Å². The number of benzene rings is 2. The van der Waals surface area contributed by atoms with Crippen molar-refractivity contribution >= 4 is 46.2 Å². The largest absolute Gasteiger partial charge is 0.482 e. The van der Waals surface area contributed by atoms with E-state index in [-0.39, 0.29) is 91.0 Å². The number of carboxylic acids is 1. The molecule has 0 amide bonds. The van der Waals surface area contributed by atoms with Gasteiger partial charge in [0.2, 0.25) is 11.7 Å². The van der Waals surface area contributed by atoms with E-state index in [0.29, 0.717) is 35.2 Å². The number of piperazine rings is 1. The van der Waals surface area contributed by atoms with Gasteiger partial charge in [-0.05, 0) is 118 Å². The van der Waals surface area contributed by atoms with Gasteiger partial charge in [-0.1, -0.05) is 29.4 Å². The SMILES string of the molecule is COC(=O)/C(C)=C\CC12OC(C)(C)C3CC(C1=O)C(N1CCN(c4cc5c(cc4F)c(=O)c(C(=O)O)cn5C4CC4)CC1)C1C(=O)c4c(O[C@H]5O[C@@H](CO)[C@H](O)[C@@H](O)[C@@H]5O)c5c(c(CC=C(C)C)c4OC132)OC(C)(CCC=C(C)C)C=C5. The van der Waals surface area contributed by atoms with Crippen LogP contribution in [-0.2, 0) is 30.2 Å². The number of methoxy groups -OCH3 is 1. The Labute approximate surface area is 474 Å². The second kappa shape index (κ2) is 20.8. The number of aliphatic hydroxyl groups is 4. The van der Waals surface area contributed by atoms with Crippen molar-refractivity contribution in [3.8, 4) is 17.2 Å². The van der Waals surface area contributed by atoms with E-state index in [1.807, 2.05) is 65.5 Å². The number of anilines is 1. The van der Waals surface area contributed by atoms with Crippen molar-refractivity contribution in [3.05, 3.63) is 97.6 Å². The minimum Gasteiger partial charge on any atom is -0.482 e. The summed E-state index contributed by atoms with van der Waals surface area (Å²) in [6, 6.07) is 1.80. The predicted octanol–water partition coefficient (Wildman–Crippen LogP) is 6.17. The molecule has 20 heteroatoms. The Balaban J connectivity index is 1.09. The molecule has 7 unspecified atom stereocenters. The number of aliphatic hydroxyl groups excluding tert-OH is 4. The van der Waals surface area contributed by atoms with E-state index in [9.17, 15) is 39.9 Å². The van der Waals surface area contributed by atoms with Crippen molar-refractivity contribution < 1.29 is 77.5 Å². The van der Waals surface area contributed by atoms with E-state index in [4.69, 9.17) is 28.4 Å². The molecule has 0 radical (unpaired) electrons. The van der Waals surface area contributed by atoms with Crippen LogP contribution < -0.4 is 24.5 Å². The number of hydrogen-bond acceptors (Lipinski definition) is 17. The molecule has 6 heterocycles. The lowest BCUT2D eigenvalue weighted by Gasteiger charge is -2.65. The average Bonchev–Trinajstić information content (AvgIpc) is 1.61. The average molecular weight is 1140 g/mol. The maximum Gasteiger partial charge on any atom is 0.341 e. The highest BCUT2D eigenvalue weighted by atomic mass is 19.1. The third-order valence-electron chi connectivity index (χ3n) is 18.6. The number of nitrogens with zero attached hydrogens (tertiary/aromatic N) is 3. The fourth-order valence-electron chi connectivity index (χ4n) is 14.4. The first-order valence-corrected chi connectivity index (χ1v) is 28.5. The fourth-order valence-corrected chi connectivity index (χ4v) is 14.4. The van der Waals surface area contributed by atoms with Crippen LogP contribution in [0.5, 0.6) is 17.2 Å². The fraction of sp³-hybridized carbons (Fsp3) is 0.565. The number of ether oxygens (including phenoxy) is 6. The third-order valence-corrected chi connectivity index (χ3v) is 18.6. The summed E-state index contributed by atoms with van der Waals surface area (Å²) < 4.78 is 58.3. The normalized spacial score (nSPS) is 32.5. The molecule has 5 N–H and O–H groups in total. The second-order valence-corrected chi connectivity index (χ2v) is 24.9. The van der Waals surface area contributed by atoms with Crippen LogP contribution in [0.3, 0.4) is 0 Å². The smallest absolute Gasteiger partial charge is 0.341 e. The zero-order valence-corrected chi connectivity index (χ0v) is 47.8. The maximum absolute atomic E-state index is 17.0. The lowest BCUT2D eigenvalue weighted by molar-refractivity contribution is -0.277. The Bertz CT molecular complexity index is 3360. The van der Waals surface area contributed by atoms with Crippen LogP contribution in [0.25, 0.3) is 17.0 Å². The highest BCUT2D eigenvalue weighted by Gasteiger charge is 2.86. The Morgan fingerprint density at radius 1 is 0.902 bits per heavy atom. The second-order valence-electron chi connectivity index (χ2n) is 24.9. The van der Waals surface area contributed by atoms with Gasteiger partial charge in [0.1, 0.15) is 64.2 Å². The van der Waals surface area contributed by atoms with Gasteiger partial charge in [0, 0.05) is 79.2 Å². The third kappa shape index (κ3) is 9.04. The number of Topliss-reactive ketones (excluding diaryl/α,β-unsaturated/α-hetero) is 2. The number of esters is 1. The van der Waals surface area contributed by atoms with E-state index in [1.165, 1.54) is 13.3 Å². The maximum atomic E-state index is 17.0. The Morgan fingerprint density at radius 2 is 1.61 bits per heavy atom. The molecule has 9 aliphatic rings. The highest BCUT2D eigenvalue weighted by Crippen LogP contribution is 2.71. The number of halogens is 1. The molecule has 1 aromatic heterocycles. The zero-order chi connectivity index (χ0) is 58.9. The molecule has 4 aliphatic carbocycles. The molecule has 12 rings (SSSR count). The van der Waals surface area contributed by atoms with E-state index in [0.717, 1.165) is 30.1 Å². The molecule has 4 saturated carbocycles. The zero-order valence-electron chi connectivity index (χ0n) is 47.8. The summed E-state index contributed by atoms with van der Waals surface area (Å²) in [6.07, 6.45) is 5.11. The number of rotatable bonds is 15. The first kappa shape index (κ1) is 57.6. The van der Waals surface area contributed by atoms with Crippen molar-refractivity contribution in [2.24, 2.45) is 17.8 Å². The number of hydrogen-bond donors (Lipinski definition) is 5. The van der Waals surface area contributed by atoms with E-state index < -0.39 is 118 Å². The van der Waals surface area contributed by atoms with Crippen LogP contribution in [0, 0.1) is 23.6 Å². The molecular weight excluding hydrogens is 1060 g/mol. The minimum atomic E-state index is -1.88. The molecule has 19 nitrogen and oxygen atoms in total. The number of pyridine rings is 1. The molecular formula is C62H74FN3O16. The van der Waals surface area contributed by atoms with Gasteiger partial charge >= 0.3 is 11.9 Å². The minimum absolute atomic E-state index is 0.0362. The summed E-state index contributed by atoms with van der Waals surface area (Å²) in [6.45, 7) is 15.3. The van der Waals surface area contributed by atoms with Crippen LogP contribution in [0.2, 0.25) is 0 Å². The molecule has 2 aromatic carbocycles. The quantitative estimate of drug-likeness (QED) is 0.0648. The van der Waals surface area contributed by atoms with E-state index >= 15 is 14.0 Å². The Hall–Kier alpha value is -6.26. The van der Waals surface area contributed by atoms with Gasteiger partial charge in [-0.3, -0.25) is 19.3 Å². The summed E-state index contributed by atoms with van der Waals surface area (Å²) in [5.41, 5.74) is -3.28. The number of allylic oxidation sites excluding steroid dienone is 4. The van der Waals surface area contributed by atoms with Crippen LogP contribution >= 0.6 is 0 Å². The molecule has 1 spiro atoms. The standard InChI is InChI=1S/C62H74FN3O16/c1-30(2)11-10-18-60(8)19-17-35-52(80-60)34(15-12-31(3)4)54-44(53(35)79-58-51(72)50(71)48(69)42(29-67)78-58)49(70)45-46(37-26-43-59(6,7)82-61(55(37)73,62(43,45)81-54)20-16-32(5)57(76)77-9)65-23-21-64(22-24-65)41-27-40-36(25-39(41)63)47(68)38(56(74)75)28-66(40)33-13-14-33/h11-12,16-17,19,25,27-28,33,37,42-43,45-46,48,50-51,58,67,69,71-72H,10,13-15,18,20-24,26,29H2,1-9H3,(H,74,75)/b32-16-/t37?,42-,43?,45?,46?,48-,50+,51-,58+,60?,61?,62?/m0/s1. The van der Waals surface area contributed by atoms with Crippen molar-refractivity contribution in [2.45, 2.75) is 166 Å². The number of ketones is 2. The van der Waals surface area contributed by atoms with Crippen molar-refractivity contribution in [1.82, 2.24) is 9.47 Å². The van der Waals surface area contributed by atoms with E-state index in [2.05, 4.69) is 11.0 Å². The molecule has 3 aromatic rings. The van der Waals surface area contributed by atoms with Gasteiger partial charge in [-0.15, -0.1) is 0 Å². The number of carbonyl (C=O) groups is 4. The predicted molar refractivity (Wildman–Crippen MR) is 298 cm³/mol. The number of aromatic nitrogens is 1. The van der Waals surface area contributed by atoms with Crippen LogP contribution in [0.4, 0.5) is 10.1 Å². The first-order valence-electron chi connectivity index (χ1n) is 28.5. The van der Waals surface area contributed by atoms with Gasteiger partial charge in [0.05, 0.1) is 42.0 Å². The summed E-state index contributed by atoms with van der Waals surface area (Å²) >= 11 is 0. The molecule has 12 atom stereocenters. The van der Waals surface area contributed by atoms with Crippen LogP contribution in [0.15, 0.2) is 64.1 Å². The van der Waals surface area contributed by atoms with Crippen LogP contribution in [-0.4, -0.2) is 158 Å². The molecule has 3 saturated heterocycles. The molecule has 7 fully saturated rings. The summed E-state index contributed by atoms with van der Waals surface area (Å²) in [7, 11) is 1.26. The number of carboxylic acid groups (broad SMARTS) is 1. The van der Waals surface area contributed by atoms with Gasteiger partial charge in [0.25, 0.3) is 0 Å². The molecule has 82 heavy (non-hydrogen) atoms. The number of aromatic carboxylic acids is 1. The Kier molecular flexibility index (Phi) is 14.6. The number of carbonyl (C=O) groups excluding carboxylic acids is 3. The monoisotopic (exact) mass is 1140 g/mol. The van der Waals surface area contributed by atoms with Gasteiger partial charge in [-0.2, -0.15) is 0 Å². The molecule has 5 aliphatic heterocycles. The van der Waals surface area contributed by atoms with Crippen LogP contribution in [0.1, 0.15) is 132 Å². The van der Waals surface area contributed by atoms with Crippen molar-refractivity contribution in [1.29, 1.82) is 0 Å². The first-order chi connectivity index (χ1) is 38.8. The van der Waals surface area contributed by atoms with Crippen molar-refractivity contribution in [2.75, 3.05) is 44.8 Å². The highest BCUT2D eigenvalue weighted by molar-refractivity contribution is 6.11. The molecule has 440 valence electrons. The summed E-state index contributed by atoms with van der Waals surface area (Å²) in [5, 5.41) is 53.8. The van der Waals surface area contributed by atoms with Crippen molar-refractivity contribution in [3.63, 3.8) is 0 Å².